The molecule has 2 aromatic heterocycles. The number of aromatic nitrogens is 4. The summed E-state index contributed by atoms with van der Waals surface area (Å²) in [6.45, 7) is 2.49. The van der Waals surface area contributed by atoms with Gasteiger partial charge in [0.15, 0.2) is 11.6 Å². The van der Waals surface area contributed by atoms with Gasteiger partial charge < -0.3 is 0 Å². The van der Waals surface area contributed by atoms with Gasteiger partial charge in [-0.15, -0.1) is 0 Å². The van der Waals surface area contributed by atoms with Gasteiger partial charge in [0.1, 0.15) is 12.2 Å². The second-order valence-electron chi connectivity index (χ2n) is 4.44. The van der Waals surface area contributed by atoms with Gasteiger partial charge in [-0.25, -0.2) is 9.67 Å². The van der Waals surface area contributed by atoms with Crippen molar-refractivity contribution < 1.29 is 13.2 Å². The Labute approximate surface area is 108 Å². The van der Waals surface area contributed by atoms with Crippen molar-refractivity contribution in [3.63, 3.8) is 0 Å². The lowest BCUT2D eigenvalue weighted by atomic mass is 10.2. The highest BCUT2D eigenvalue weighted by molar-refractivity contribution is 5.48. The molecule has 0 saturated heterocycles. The summed E-state index contributed by atoms with van der Waals surface area (Å²) in [5.41, 5.74) is 0.381. The predicted octanol–water partition coefficient (Wildman–Crippen LogP) is 3.03. The van der Waals surface area contributed by atoms with E-state index in [1.165, 1.54) is 6.20 Å². The standard InChI is InChI=1S/C12H13F3N4/c1-8(2)10-17-11(9-5-3-4-6-16-9)19(18-10)7-12(13,14)15/h3-6,8H,7H2,1-2H3. The zero-order valence-electron chi connectivity index (χ0n) is 10.5. The summed E-state index contributed by atoms with van der Waals surface area (Å²) < 4.78 is 38.5. The third-order valence-electron chi connectivity index (χ3n) is 2.43. The van der Waals surface area contributed by atoms with Gasteiger partial charge in [-0.1, -0.05) is 19.9 Å². The van der Waals surface area contributed by atoms with Gasteiger partial charge in [0.05, 0.1) is 0 Å². The topological polar surface area (TPSA) is 43.6 Å². The third-order valence-corrected chi connectivity index (χ3v) is 2.43. The molecule has 0 aliphatic heterocycles. The quantitative estimate of drug-likeness (QED) is 0.861. The Kier molecular flexibility index (Phi) is 3.55. The van der Waals surface area contributed by atoms with Crippen LogP contribution in [0, 0.1) is 0 Å². The summed E-state index contributed by atoms with van der Waals surface area (Å²) in [6, 6.07) is 5.00. The van der Waals surface area contributed by atoms with Crippen LogP contribution in [0.25, 0.3) is 11.5 Å². The lowest BCUT2D eigenvalue weighted by Crippen LogP contribution is -2.19. The number of hydrogen-bond acceptors (Lipinski definition) is 3. The van der Waals surface area contributed by atoms with Crippen LogP contribution < -0.4 is 0 Å². The van der Waals surface area contributed by atoms with Crippen molar-refractivity contribution in [1.29, 1.82) is 0 Å². The van der Waals surface area contributed by atoms with Crippen LogP contribution in [-0.2, 0) is 6.54 Å². The van der Waals surface area contributed by atoms with Crippen LogP contribution in [0.15, 0.2) is 24.4 Å². The number of halogens is 3. The summed E-state index contributed by atoms with van der Waals surface area (Å²) in [4.78, 5) is 8.18. The summed E-state index contributed by atoms with van der Waals surface area (Å²) in [5, 5.41) is 3.92. The fraction of sp³-hybridized carbons (Fsp3) is 0.417. The molecule has 0 radical (unpaired) electrons. The van der Waals surface area contributed by atoms with Crippen LogP contribution in [0.5, 0.6) is 0 Å². The molecule has 0 atom stereocenters. The van der Waals surface area contributed by atoms with E-state index in [-0.39, 0.29) is 11.7 Å². The smallest absolute Gasteiger partial charge is 0.253 e. The molecule has 0 fully saturated rings. The monoisotopic (exact) mass is 270 g/mol. The minimum absolute atomic E-state index is 0.0445. The maximum Gasteiger partial charge on any atom is 0.408 e. The van der Waals surface area contributed by atoms with E-state index in [0.29, 0.717) is 11.5 Å². The van der Waals surface area contributed by atoms with Crippen LogP contribution in [0.1, 0.15) is 25.6 Å². The molecule has 0 bridgehead atoms. The molecule has 0 aliphatic carbocycles. The molecular weight excluding hydrogens is 257 g/mol. The van der Waals surface area contributed by atoms with E-state index in [0.717, 1.165) is 4.68 Å². The molecule has 102 valence electrons. The van der Waals surface area contributed by atoms with E-state index in [4.69, 9.17) is 0 Å². The summed E-state index contributed by atoms with van der Waals surface area (Å²) in [7, 11) is 0. The highest BCUT2D eigenvalue weighted by Crippen LogP contribution is 2.23. The molecule has 0 spiro atoms. The van der Waals surface area contributed by atoms with Gasteiger partial charge >= 0.3 is 6.18 Å². The van der Waals surface area contributed by atoms with Crippen LogP contribution in [0.2, 0.25) is 0 Å². The first-order valence-electron chi connectivity index (χ1n) is 5.80. The average molecular weight is 270 g/mol. The Bertz CT molecular complexity index is 546. The Balaban J connectivity index is 2.46. The van der Waals surface area contributed by atoms with E-state index in [2.05, 4.69) is 15.1 Å². The van der Waals surface area contributed by atoms with Gasteiger partial charge in [-0.2, -0.15) is 18.3 Å². The van der Waals surface area contributed by atoms with Crippen molar-refractivity contribution in [3.05, 3.63) is 30.2 Å². The number of nitrogens with zero attached hydrogens (tertiary/aromatic N) is 4. The zero-order chi connectivity index (χ0) is 14.0. The lowest BCUT2D eigenvalue weighted by molar-refractivity contribution is -0.142. The predicted molar refractivity (Wildman–Crippen MR) is 63.4 cm³/mol. The molecule has 0 unspecified atom stereocenters. The molecule has 2 aromatic rings. The number of alkyl halides is 3. The molecule has 7 heteroatoms. The molecule has 0 aromatic carbocycles. The Morgan fingerprint density at radius 2 is 2.00 bits per heavy atom. The first kappa shape index (κ1) is 13.5. The van der Waals surface area contributed by atoms with Crippen LogP contribution in [0.3, 0.4) is 0 Å². The molecule has 19 heavy (non-hydrogen) atoms. The van der Waals surface area contributed by atoms with Crippen molar-refractivity contribution in [2.24, 2.45) is 0 Å². The maximum atomic E-state index is 12.5. The highest BCUT2D eigenvalue weighted by Gasteiger charge is 2.31. The van der Waals surface area contributed by atoms with E-state index in [1.54, 1.807) is 18.2 Å². The molecule has 0 amide bonds. The Morgan fingerprint density at radius 3 is 2.53 bits per heavy atom. The fourth-order valence-electron chi connectivity index (χ4n) is 1.57. The molecule has 2 rings (SSSR count). The lowest BCUT2D eigenvalue weighted by Gasteiger charge is -2.08. The minimum atomic E-state index is -4.34. The largest absolute Gasteiger partial charge is 0.408 e. The summed E-state index contributed by atoms with van der Waals surface area (Å²) in [5.74, 6) is 0.475. The SMILES string of the molecule is CC(C)c1nc(-c2ccccn2)n(CC(F)(F)F)n1. The molecule has 0 N–H and O–H groups in total. The molecule has 4 nitrogen and oxygen atoms in total. The van der Waals surface area contributed by atoms with Crippen molar-refractivity contribution in [2.75, 3.05) is 0 Å². The van der Waals surface area contributed by atoms with Gasteiger partial charge in [0.2, 0.25) is 0 Å². The molecular formula is C12H13F3N4. The Morgan fingerprint density at radius 1 is 1.26 bits per heavy atom. The van der Waals surface area contributed by atoms with Gasteiger partial charge in [-0.3, -0.25) is 4.98 Å². The first-order chi connectivity index (χ1) is 8.87. The van der Waals surface area contributed by atoms with Gasteiger partial charge in [0, 0.05) is 12.1 Å². The van der Waals surface area contributed by atoms with Crippen LogP contribution in [0.4, 0.5) is 13.2 Å². The Hall–Kier alpha value is -1.92. The van der Waals surface area contributed by atoms with E-state index in [1.807, 2.05) is 13.8 Å². The van der Waals surface area contributed by atoms with Crippen LogP contribution >= 0.6 is 0 Å². The highest BCUT2D eigenvalue weighted by atomic mass is 19.4. The molecule has 2 heterocycles. The van der Waals surface area contributed by atoms with Crippen LogP contribution in [-0.4, -0.2) is 25.9 Å². The van der Waals surface area contributed by atoms with Gasteiger partial charge in [-0.05, 0) is 12.1 Å². The normalized spacial score (nSPS) is 12.1. The van der Waals surface area contributed by atoms with Crippen molar-refractivity contribution in [2.45, 2.75) is 32.5 Å². The second-order valence-corrected chi connectivity index (χ2v) is 4.44. The zero-order valence-corrected chi connectivity index (χ0v) is 10.5. The van der Waals surface area contributed by atoms with E-state index >= 15 is 0 Å². The van der Waals surface area contributed by atoms with Crippen molar-refractivity contribution >= 4 is 0 Å². The van der Waals surface area contributed by atoms with Gasteiger partial charge in [0.25, 0.3) is 0 Å². The summed E-state index contributed by atoms with van der Waals surface area (Å²) >= 11 is 0. The number of rotatable bonds is 3. The van der Waals surface area contributed by atoms with E-state index in [9.17, 15) is 13.2 Å². The first-order valence-corrected chi connectivity index (χ1v) is 5.80. The maximum absolute atomic E-state index is 12.5. The van der Waals surface area contributed by atoms with Crippen molar-refractivity contribution in [3.8, 4) is 11.5 Å². The fourth-order valence-corrected chi connectivity index (χ4v) is 1.57. The second kappa shape index (κ2) is 4.99. The van der Waals surface area contributed by atoms with Crippen molar-refractivity contribution in [1.82, 2.24) is 19.7 Å². The number of hydrogen-bond donors (Lipinski definition) is 0. The summed E-state index contributed by atoms with van der Waals surface area (Å²) in [6.07, 6.45) is -2.83. The third kappa shape index (κ3) is 3.30. The molecule has 0 saturated carbocycles. The number of pyridine rings is 1. The minimum Gasteiger partial charge on any atom is -0.253 e. The molecule has 0 aliphatic rings. The van der Waals surface area contributed by atoms with E-state index < -0.39 is 12.7 Å². The average Bonchev–Trinajstić information content (AvgIpc) is 2.72.